The molecule has 1 aromatic rings. The molecule has 0 radical (unpaired) electrons. The Bertz CT molecular complexity index is 337. The number of para-hydroxylation sites is 1. The predicted octanol–water partition coefficient (Wildman–Crippen LogP) is 2.30. The summed E-state index contributed by atoms with van der Waals surface area (Å²) in [6.45, 7) is 7.99. The molecule has 0 fully saturated rings. The fourth-order valence-electron chi connectivity index (χ4n) is 1.77. The lowest BCUT2D eigenvalue weighted by atomic mass is 10.0. The summed E-state index contributed by atoms with van der Waals surface area (Å²) < 4.78 is 11.1. The number of hydrogen-bond acceptors (Lipinski definition) is 3. The van der Waals surface area contributed by atoms with Gasteiger partial charge in [-0.25, -0.2) is 0 Å². The Balaban J connectivity index is 2.66. The van der Waals surface area contributed by atoms with Crippen LogP contribution in [0.4, 0.5) is 0 Å². The van der Waals surface area contributed by atoms with E-state index in [2.05, 4.69) is 19.1 Å². The van der Waals surface area contributed by atoms with Crippen molar-refractivity contribution in [3.8, 4) is 5.75 Å². The molecule has 0 saturated carbocycles. The van der Waals surface area contributed by atoms with Gasteiger partial charge in [0, 0.05) is 12.6 Å². The van der Waals surface area contributed by atoms with Crippen molar-refractivity contribution in [3.63, 3.8) is 0 Å². The van der Waals surface area contributed by atoms with Crippen molar-refractivity contribution in [2.75, 3.05) is 19.8 Å². The summed E-state index contributed by atoms with van der Waals surface area (Å²) in [4.78, 5) is 0. The summed E-state index contributed by atoms with van der Waals surface area (Å²) in [6.07, 6.45) is 0.839. The minimum Gasteiger partial charge on any atom is -0.491 e. The third-order valence-electron chi connectivity index (χ3n) is 2.51. The van der Waals surface area contributed by atoms with Gasteiger partial charge in [0.2, 0.25) is 0 Å². The first-order valence-corrected chi connectivity index (χ1v) is 6.19. The van der Waals surface area contributed by atoms with Crippen LogP contribution in [0.3, 0.4) is 0 Å². The smallest absolute Gasteiger partial charge is 0.125 e. The molecule has 3 heteroatoms. The SMILES string of the molecule is CCOCCOc1c(C)cccc1CC(C)N. The van der Waals surface area contributed by atoms with Crippen LogP contribution in [0, 0.1) is 6.92 Å². The Kier molecular flexibility index (Phi) is 6.01. The maximum atomic E-state index is 5.84. The fraction of sp³-hybridized carbons (Fsp3) is 0.571. The number of nitrogens with two attached hydrogens (primary N) is 1. The molecule has 0 aromatic heterocycles. The van der Waals surface area contributed by atoms with Crippen molar-refractivity contribution >= 4 is 0 Å². The zero-order chi connectivity index (χ0) is 12.7. The Morgan fingerprint density at radius 1 is 1.29 bits per heavy atom. The first kappa shape index (κ1) is 14.0. The van der Waals surface area contributed by atoms with Crippen molar-refractivity contribution < 1.29 is 9.47 Å². The van der Waals surface area contributed by atoms with Gasteiger partial charge in [-0.2, -0.15) is 0 Å². The zero-order valence-electron chi connectivity index (χ0n) is 11.0. The van der Waals surface area contributed by atoms with Crippen molar-refractivity contribution in [3.05, 3.63) is 29.3 Å². The molecule has 1 atom stereocenters. The van der Waals surface area contributed by atoms with Crippen LogP contribution >= 0.6 is 0 Å². The number of aryl methyl sites for hydroxylation is 1. The van der Waals surface area contributed by atoms with Gasteiger partial charge in [0.05, 0.1) is 6.61 Å². The first-order chi connectivity index (χ1) is 8.15. The highest BCUT2D eigenvalue weighted by molar-refractivity contribution is 5.41. The lowest BCUT2D eigenvalue weighted by molar-refractivity contribution is 0.109. The molecule has 1 aromatic carbocycles. The maximum absolute atomic E-state index is 5.84. The van der Waals surface area contributed by atoms with E-state index >= 15 is 0 Å². The van der Waals surface area contributed by atoms with Crippen molar-refractivity contribution in [2.45, 2.75) is 33.2 Å². The lowest BCUT2D eigenvalue weighted by Gasteiger charge is -2.15. The summed E-state index contributed by atoms with van der Waals surface area (Å²) in [5.41, 5.74) is 8.17. The largest absolute Gasteiger partial charge is 0.491 e. The highest BCUT2D eigenvalue weighted by Crippen LogP contribution is 2.24. The standard InChI is InChI=1S/C14H23NO2/c1-4-16-8-9-17-14-11(2)6-5-7-13(14)10-12(3)15/h5-7,12H,4,8-10,15H2,1-3H3. The van der Waals surface area contributed by atoms with Gasteiger partial charge in [-0.1, -0.05) is 18.2 Å². The third-order valence-corrected chi connectivity index (χ3v) is 2.51. The van der Waals surface area contributed by atoms with Crippen LogP contribution in [0.15, 0.2) is 18.2 Å². The van der Waals surface area contributed by atoms with E-state index in [1.54, 1.807) is 0 Å². The molecule has 3 nitrogen and oxygen atoms in total. The van der Waals surface area contributed by atoms with Crippen LogP contribution < -0.4 is 10.5 Å². The molecule has 1 unspecified atom stereocenters. The molecule has 0 heterocycles. The second-order valence-electron chi connectivity index (χ2n) is 4.29. The second kappa shape index (κ2) is 7.30. The van der Waals surface area contributed by atoms with Gasteiger partial charge < -0.3 is 15.2 Å². The van der Waals surface area contributed by atoms with Crippen molar-refractivity contribution in [1.29, 1.82) is 0 Å². The molecule has 1 rings (SSSR count). The highest BCUT2D eigenvalue weighted by atomic mass is 16.5. The number of ether oxygens (including phenoxy) is 2. The van der Waals surface area contributed by atoms with Crippen LogP contribution in [0.2, 0.25) is 0 Å². The Hall–Kier alpha value is -1.06. The summed E-state index contributed by atoms with van der Waals surface area (Å²) in [5, 5.41) is 0. The molecule has 2 N–H and O–H groups in total. The van der Waals surface area contributed by atoms with Gasteiger partial charge in [0.25, 0.3) is 0 Å². The van der Waals surface area contributed by atoms with E-state index in [-0.39, 0.29) is 6.04 Å². The first-order valence-electron chi connectivity index (χ1n) is 6.19. The van der Waals surface area contributed by atoms with E-state index in [9.17, 15) is 0 Å². The normalized spacial score (nSPS) is 12.5. The molecule has 0 aliphatic rings. The van der Waals surface area contributed by atoms with Gasteiger partial charge >= 0.3 is 0 Å². The topological polar surface area (TPSA) is 44.5 Å². The molecule has 0 aliphatic heterocycles. The monoisotopic (exact) mass is 237 g/mol. The fourth-order valence-corrected chi connectivity index (χ4v) is 1.77. The molecule has 0 saturated heterocycles. The van der Waals surface area contributed by atoms with Crippen LogP contribution in [-0.4, -0.2) is 25.9 Å². The maximum Gasteiger partial charge on any atom is 0.125 e. The quantitative estimate of drug-likeness (QED) is 0.740. The van der Waals surface area contributed by atoms with E-state index in [0.717, 1.165) is 24.3 Å². The lowest BCUT2D eigenvalue weighted by Crippen LogP contribution is -2.19. The van der Waals surface area contributed by atoms with Gasteiger partial charge in [-0.05, 0) is 38.3 Å². The summed E-state index contributed by atoms with van der Waals surface area (Å²) in [6, 6.07) is 6.32. The molecule has 0 amide bonds. The summed E-state index contributed by atoms with van der Waals surface area (Å²) in [5.74, 6) is 0.963. The second-order valence-corrected chi connectivity index (χ2v) is 4.29. The van der Waals surface area contributed by atoms with Crippen LogP contribution in [0.1, 0.15) is 25.0 Å². The highest BCUT2D eigenvalue weighted by Gasteiger charge is 2.08. The Morgan fingerprint density at radius 3 is 2.71 bits per heavy atom. The molecule has 17 heavy (non-hydrogen) atoms. The summed E-state index contributed by atoms with van der Waals surface area (Å²) >= 11 is 0. The van der Waals surface area contributed by atoms with Crippen LogP contribution in [-0.2, 0) is 11.2 Å². The minimum atomic E-state index is 0.144. The molecule has 0 bridgehead atoms. The van der Waals surface area contributed by atoms with Gasteiger partial charge in [-0.3, -0.25) is 0 Å². The summed E-state index contributed by atoms with van der Waals surface area (Å²) in [7, 11) is 0. The van der Waals surface area contributed by atoms with E-state index < -0.39 is 0 Å². The number of benzene rings is 1. The number of hydrogen-bond donors (Lipinski definition) is 1. The van der Waals surface area contributed by atoms with E-state index in [1.807, 2.05) is 19.9 Å². The molecule has 0 spiro atoms. The molecular formula is C14H23NO2. The Morgan fingerprint density at radius 2 is 2.06 bits per heavy atom. The third kappa shape index (κ3) is 4.75. The predicted molar refractivity (Wildman–Crippen MR) is 70.5 cm³/mol. The number of rotatable bonds is 7. The molecule has 96 valence electrons. The Labute approximate surface area is 104 Å². The molecular weight excluding hydrogens is 214 g/mol. The minimum absolute atomic E-state index is 0.144. The van der Waals surface area contributed by atoms with Gasteiger partial charge in [0.15, 0.2) is 0 Å². The average molecular weight is 237 g/mol. The van der Waals surface area contributed by atoms with Crippen molar-refractivity contribution in [1.82, 2.24) is 0 Å². The van der Waals surface area contributed by atoms with Gasteiger partial charge in [0.1, 0.15) is 12.4 Å². The van der Waals surface area contributed by atoms with E-state index in [4.69, 9.17) is 15.2 Å². The van der Waals surface area contributed by atoms with Crippen molar-refractivity contribution in [2.24, 2.45) is 5.73 Å². The van der Waals surface area contributed by atoms with E-state index in [1.165, 1.54) is 5.56 Å². The molecule has 0 aliphatic carbocycles. The van der Waals surface area contributed by atoms with E-state index in [0.29, 0.717) is 13.2 Å². The van der Waals surface area contributed by atoms with Gasteiger partial charge in [-0.15, -0.1) is 0 Å². The van der Waals surface area contributed by atoms with Crippen LogP contribution in [0.5, 0.6) is 5.75 Å². The van der Waals surface area contributed by atoms with Crippen LogP contribution in [0.25, 0.3) is 0 Å². The average Bonchev–Trinajstić information content (AvgIpc) is 2.26. The zero-order valence-corrected chi connectivity index (χ0v) is 11.0.